The summed E-state index contributed by atoms with van der Waals surface area (Å²) in [6.45, 7) is 0. The Kier molecular flexibility index (Phi) is 8.07. The maximum atomic E-state index is 5.32. The fourth-order valence-electron chi connectivity index (χ4n) is 8.10. The minimum atomic E-state index is 0.604. The summed E-state index contributed by atoms with van der Waals surface area (Å²) in [6, 6.07) is 65.7. The summed E-state index contributed by atoms with van der Waals surface area (Å²) in [6.07, 6.45) is 3.65. The number of pyridine rings is 2. The zero-order valence-corrected chi connectivity index (χ0v) is 31.3. The van der Waals surface area contributed by atoms with E-state index in [1.807, 2.05) is 67.0 Å². The topological polar surface area (TPSA) is 64.5 Å². The van der Waals surface area contributed by atoms with Crippen LogP contribution in [0.1, 0.15) is 0 Å². The zero-order valence-electron chi connectivity index (χ0n) is 31.3. The van der Waals surface area contributed by atoms with Crippen LogP contribution in [0.3, 0.4) is 0 Å². The Bertz CT molecular complexity index is 3120. The standard InChI is InChI=1S/C53H33N5/c1-2-9-41(10-3-1)51-56-52(58-53(57-51)46-28-26-40-24-23-38-11-8-12-39-25-27-45(46)50(40)49(38)39)44-32-42(34-15-19-36(20-16-34)47-13-4-6-29-54-47)31-43(33-44)35-17-21-37(22-18-35)48-14-5-7-30-55-48/h1-33H. The Morgan fingerprint density at radius 2 is 0.759 bits per heavy atom. The molecular formula is C53H33N5. The molecule has 5 heteroatoms. The lowest BCUT2D eigenvalue weighted by atomic mass is 9.91. The van der Waals surface area contributed by atoms with E-state index in [-0.39, 0.29) is 0 Å². The van der Waals surface area contributed by atoms with Gasteiger partial charge in [0.25, 0.3) is 0 Å². The molecule has 0 aliphatic heterocycles. The average molecular weight is 740 g/mol. The quantitative estimate of drug-likeness (QED) is 0.152. The van der Waals surface area contributed by atoms with Crippen LogP contribution in [-0.2, 0) is 0 Å². The molecule has 0 unspecified atom stereocenters. The van der Waals surface area contributed by atoms with E-state index in [1.54, 1.807) is 0 Å². The van der Waals surface area contributed by atoms with Crippen LogP contribution in [0.25, 0.3) is 111 Å². The van der Waals surface area contributed by atoms with Crippen LogP contribution in [0.2, 0.25) is 0 Å². The van der Waals surface area contributed by atoms with E-state index in [9.17, 15) is 0 Å². The van der Waals surface area contributed by atoms with E-state index >= 15 is 0 Å². The molecule has 3 heterocycles. The van der Waals surface area contributed by atoms with Gasteiger partial charge in [0.1, 0.15) is 0 Å². The van der Waals surface area contributed by atoms with Gasteiger partial charge in [-0.25, -0.2) is 15.0 Å². The Morgan fingerprint density at radius 3 is 1.34 bits per heavy atom. The Labute approximate surface area is 335 Å². The smallest absolute Gasteiger partial charge is 0.164 e. The second-order valence-electron chi connectivity index (χ2n) is 14.5. The van der Waals surface area contributed by atoms with Crippen molar-refractivity contribution >= 4 is 32.3 Å². The number of hydrogen-bond donors (Lipinski definition) is 0. The van der Waals surface area contributed by atoms with Crippen LogP contribution in [0, 0.1) is 0 Å². The summed E-state index contributed by atoms with van der Waals surface area (Å²) >= 11 is 0. The van der Waals surface area contributed by atoms with E-state index in [4.69, 9.17) is 15.0 Å². The lowest BCUT2D eigenvalue weighted by Crippen LogP contribution is -2.01. The molecule has 3 aromatic heterocycles. The molecule has 0 fully saturated rings. The van der Waals surface area contributed by atoms with Crippen molar-refractivity contribution < 1.29 is 0 Å². The van der Waals surface area contributed by atoms with Crippen molar-refractivity contribution in [2.75, 3.05) is 0 Å². The molecule has 5 nitrogen and oxygen atoms in total. The van der Waals surface area contributed by atoms with Crippen molar-refractivity contribution in [3.8, 4) is 78.9 Å². The molecule has 11 rings (SSSR count). The summed E-state index contributed by atoms with van der Waals surface area (Å²) in [5.74, 6) is 1.86. The Balaban J connectivity index is 1.11. The van der Waals surface area contributed by atoms with Gasteiger partial charge >= 0.3 is 0 Å². The summed E-state index contributed by atoms with van der Waals surface area (Å²) in [7, 11) is 0. The first-order valence-corrected chi connectivity index (χ1v) is 19.4. The third-order valence-electron chi connectivity index (χ3n) is 11.0. The molecule has 0 saturated heterocycles. The number of aromatic nitrogens is 5. The minimum absolute atomic E-state index is 0.604. The number of hydrogen-bond acceptors (Lipinski definition) is 5. The third-order valence-corrected chi connectivity index (χ3v) is 11.0. The molecule has 0 atom stereocenters. The third kappa shape index (κ3) is 6.03. The lowest BCUT2D eigenvalue weighted by molar-refractivity contribution is 1.08. The normalized spacial score (nSPS) is 11.4. The van der Waals surface area contributed by atoms with E-state index < -0.39 is 0 Å². The second-order valence-corrected chi connectivity index (χ2v) is 14.5. The number of nitrogens with zero attached hydrogens (tertiary/aromatic N) is 5. The van der Waals surface area contributed by atoms with Gasteiger partial charge in [0.15, 0.2) is 17.5 Å². The van der Waals surface area contributed by atoms with Crippen molar-refractivity contribution in [2.24, 2.45) is 0 Å². The van der Waals surface area contributed by atoms with Crippen molar-refractivity contribution in [1.29, 1.82) is 0 Å². The molecule has 0 radical (unpaired) electrons. The highest BCUT2D eigenvalue weighted by atomic mass is 15.0. The molecule has 0 bridgehead atoms. The number of benzene rings is 8. The highest BCUT2D eigenvalue weighted by Crippen LogP contribution is 2.40. The predicted molar refractivity (Wildman–Crippen MR) is 237 cm³/mol. The molecule has 270 valence electrons. The molecule has 0 N–H and O–H groups in total. The molecule has 0 saturated carbocycles. The van der Waals surface area contributed by atoms with Gasteiger partial charge in [0.05, 0.1) is 11.4 Å². The van der Waals surface area contributed by atoms with Gasteiger partial charge < -0.3 is 0 Å². The molecule has 0 spiro atoms. The largest absolute Gasteiger partial charge is 0.256 e. The summed E-state index contributed by atoms with van der Waals surface area (Å²) in [5.41, 5.74) is 11.1. The molecule has 0 aliphatic rings. The SMILES string of the molecule is c1ccc(-c2nc(-c3cc(-c4ccc(-c5ccccn5)cc4)cc(-c4ccc(-c5ccccn5)cc4)c3)nc(-c3ccc4ccc5cccc6ccc3c4c56)n2)cc1. The molecule has 0 aliphatic carbocycles. The van der Waals surface area contributed by atoms with Gasteiger partial charge in [-0.1, -0.05) is 140 Å². The van der Waals surface area contributed by atoms with Gasteiger partial charge in [-0.3, -0.25) is 9.97 Å². The van der Waals surface area contributed by atoms with Crippen molar-refractivity contribution in [3.05, 3.63) is 200 Å². The van der Waals surface area contributed by atoms with Crippen LogP contribution < -0.4 is 0 Å². The monoisotopic (exact) mass is 739 g/mol. The van der Waals surface area contributed by atoms with Crippen molar-refractivity contribution in [2.45, 2.75) is 0 Å². The Hall–Kier alpha value is -7.89. The van der Waals surface area contributed by atoms with E-state index in [2.05, 4.69) is 143 Å². The highest BCUT2D eigenvalue weighted by molar-refractivity contribution is 6.25. The maximum Gasteiger partial charge on any atom is 0.164 e. The first kappa shape index (κ1) is 33.4. The van der Waals surface area contributed by atoms with Gasteiger partial charge in [-0.05, 0) is 103 Å². The van der Waals surface area contributed by atoms with Crippen molar-refractivity contribution in [1.82, 2.24) is 24.9 Å². The fourth-order valence-corrected chi connectivity index (χ4v) is 8.10. The Morgan fingerprint density at radius 1 is 0.276 bits per heavy atom. The van der Waals surface area contributed by atoms with Crippen LogP contribution in [0.5, 0.6) is 0 Å². The van der Waals surface area contributed by atoms with Gasteiger partial charge in [-0.2, -0.15) is 0 Å². The molecular weight excluding hydrogens is 707 g/mol. The van der Waals surface area contributed by atoms with E-state index in [1.165, 1.54) is 26.9 Å². The second kappa shape index (κ2) is 14.0. The van der Waals surface area contributed by atoms with Crippen molar-refractivity contribution in [3.63, 3.8) is 0 Å². The summed E-state index contributed by atoms with van der Waals surface area (Å²) in [4.78, 5) is 24.8. The van der Waals surface area contributed by atoms with Gasteiger partial charge in [0, 0.05) is 40.2 Å². The first-order valence-electron chi connectivity index (χ1n) is 19.4. The summed E-state index contributed by atoms with van der Waals surface area (Å²) in [5, 5.41) is 7.25. The van der Waals surface area contributed by atoms with Gasteiger partial charge in [-0.15, -0.1) is 0 Å². The van der Waals surface area contributed by atoms with Gasteiger partial charge in [0.2, 0.25) is 0 Å². The highest BCUT2D eigenvalue weighted by Gasteiger charge is 2.18. The van der Waals surface area contributed by atoms with E-state index in [0.717, 1.165) is 66.8 Å². The van der Waals surface area contributed by atoms with Crippen LogP contribution >= 0.6 is 0 Å². The zero-order chi connectivity index (χ0) is 38.4. The molecule has 58 heavy (non-hydrogen) atoms. The average Bonchev–Trinajstić information content (AvgIpc) is 3.31. The first-order chi connectivity index (χ1) is 28.7. The lowest BCUT2D eigenvalue weighted by Gasteiger charge is -2.15. The summed E-state index contributed by atoms with van der Waals surface area (Å²) < 4.78 is 0. The van der Waals surface area contributed by atoms with Crippen LogP contribution in [0.15, 0.2) is 200 Å². The molecule has 8 aromatic carbocycles. The molecule has 0 amide bonds. The number of rotatable bonds is 7. The predicted octanol–water partition coefficient (Wildman–Crippen LogP) is 13.2. The fraction of sp³-hybridized carbons (Fsp3) is 0. The molecule has 11 aromatic rings. The van der Waals surface area contributed by atoms with E-state index in [0.29, 0.717) is 17.5 Å². The van der Waals surface area contributed by atoms with Crippen LogP contribution in [0.4, 0.5) is 0 Å². The van der Waals surface area contributed by atoms with Crippen LogP contribution in [-0.4, -0.2) is 24.9 Å². The maximum absolute atomic E-state index is 5.32. The minimum Gasteiger partial charge on any atom is -0.256 e.